The molecule has 4 aromatic heterocycles. The van der Waals surface area contributed by atoms with Crippen LogP contribution in [0.25, 0.3) is 5.65 Å². The third-order valence-corrected chi connectivity index (χ3v) is 5.37. The maximum absolute atomic E-state index is 13.0. The summed E-state index contributed by atoms with van der Waals surface area (Å²) in [5.41, 5.74) is 8.17. The predicted molar refractivity (Wildman–Crippen MR) is 138 cm³/mol. The van der Waals surface area contributed by atoms with Crippen LogP contribution >= 0.6 is 11.6 Å². The summed E-state index contributed by atoms with van der Waals surface area (Å²) in [5, 5.41) is 19.5. The van der Waals surface area contributed by atoms with Crippen molar-refractivity contribution in [2.45, 2.75) is 13.0 Å². The van der Waals surface area contributed by atoms with E-state index >= 15 is 0 Å². The van der Waals surface area contributed by atoms with Crippen LogP contribution in [0.1, 0.15) is 40.5 Å². The second-order valence-electron chi connectivity index (χ2n) is 7.86. The number of carbonyl (C=O) groups is 1. The van der Waals surface area contributed by atoms with Gasteiger partial charge in [-0.25, -0.2) is 9.97 Å². The van der Waals surface area contributed by atoms with Gasteiger partial charge < -0.3 is 16.4 Å². The summed E-state index contributed by atoms with van der Waals surface area (Å²) in [7, 11) is 0. The normalized spacial score (nSPS) is 11.4. The van der Waals surface area contributed by atoms with Crippen LogP contribution in [-0.4, -0.2) is 40.7 Å². The number of nitrogen functional groups attached to an aromatic ring is 1. The molecule has 0 aliphatic rings. The van der Waals surface area contributed by atoms with Crippen molar-refractivity contribution in [2.24, 2.45) is 0 Å². The molecule has 11 nitrogen and oxygen atoms in total. The highest BCUT2D eigenvalue weighted by Gasteiger charge is 2.21. The monoisotopic (exact) mass is 510 g/mol. The quantitative estimate of drug-likeness (QED) is 0.303. The number of nitrogens with zero attached hydrogens (tertiary/aromatic N) is 7. The first-order valence-corrected chi connectivity index (χ1v) is 11.4. The molecule has 0 spiro atoms. The first-order chi connectivity index (χ1) is 18.0. The fourth-order valence-electron chi connectivity index (χ4n) is 3.38. The Morgan fingerprint density at radius 3 is 2.81 bits per heavy atom. The number of amides is 1. The van der Waals surface area contributed by atoms with Crippen LogP contribution in [0.4, 0.5) is 17.3 Å². The molecule has 0 unspecified atom stereocenters. The molecule has 182 valence electrons. The van der Waals surface area contributed by atoms with E-state index in [2.05, 4.69) is 52.7 Å². The molecule has 4 heterocycles. The lowest BCUT2D eigenvalue weighted by atomic mass is 10.2. The number of hydrogen-bond acceptors (Lipinski definition) is 9. The van der Waals surface area contributed by atoms with Crippen LogP contribution in [0, 0.1) is 11.8 Å². The average molecular weight is 511 g/mol. The minimum absolute atomic E-state index is 0.0196. The average Bonchev–Trinajstić information content (AvgIpc) is 3.32. The van der Waals surface area contributed by atoms with Crippen molar-refractivity contribution < 1.29 is 4.79 Å². The number of benzene rings is 1. The van der Waals surface area contributed by atoms with Gasteiger partial charge in [0.2, 0.25) is 0 Å². The van der Waals surface area contributed by atoms with E-state index in [0.717, 1.165) is 5.69 Å². The van der Waals surface area contributed by atoms with Gasteiger partial charge in [0.05, 0.1) is 12.2 Å². The topological polar surface area (TPSA) is 149 Å². The molecule has 12 heteroatoms. The first kappa shape index (κ1) is 23.7. The van der Waals surface area contributed by atoms with E-state index in [9.17, 15) is 4.79 Å². The lowest BCUT2D eigenvalue weighted by Gasteiger charge is -2.13. The number of fused-ring (bicyclic) bond motifs is 1. The maximum Gasteiger partial charge on any atom is 0.274 e. The van der Waals surface area contributed by atoms with E-state index < -0.39 is 11.9 Å². The number of hydrogen-bond donors (Lipinski definition) is 3. The molecule has 4 N–H and O–H groups in total. The van der Waals surface area contributed by atoms with Crippen molar-refractivity contribution in [3.05, 3.63) is 94.9 Å². The van der Waals surface area contributed by atoms with Gasteiger partial charge in [-0.15, -0.1) is 15.3 Å². The number of aromatic nitrogens is 7. The van der Waals surface area contributed by atoms with Crippen molar-refractivity contribution >= 4 is 40.5 Å². The largest absolute Gasteiger partial charge is 0.382 e. The lowest BCUT2D eigenvalue weighted by Crippen LogP contribution is -2.30. The Bertz CT molecular complexity index is 1660. The zero-order valence-corrected chi connectivity index (χ0v) is 20.2. The highest BCUT2D eigenvalue weighted by molar-refractivity contribution is 6.30. The van der Waals surface area contributed by atoms with E-state index in [1.165, 1.54) is 6.20 Å². The Morgan fingerprint density at radius 2 is 2.00 bits per heavy atom. The smallest absolute Gasteiger partial charge is 0.274 e. The van der Waals surface area contributed by atoms with Crippen LogP contribution in [0.2, 0.25) is 5.02 Å². The van der Waals surface area contributed by atoms with Crippen molar-refractivity contribution in [3.63, 3.8) is 0 Å². The predicted octanol–water partition coefficient (Wildman–Crippen LogP) is 3.18. The molecule has 0 fully saturated rings. The molecular weight excluding hydrogens is 492 g/mol. The summed E-state index contributed by atoms with van der Waals surface area (Å²) in [4.78, 5) is 25.4. The van der Waals surface area contributed by atoms with Crippen LogP contribution in [-0.2, 0) is 0 Å². The third kappa shape index (κ3) is 5.44. The number of halogens is 1. The van der Waals surface area contributed by atoms with E-state index in [-0.39, 0.29) is 11.5 Å². The van der Waals surface area contributed by atoms with Gasteiger partial charge in [-0.05, 0) is 55.3 Å². The highest BCUT2D eigenvalue weighted by atomic mass is 35.5. The molecule has 1 amide bonds. The molecular formula is C25H19ClN10O. The standard InChI is InChI=1S/C25H19ClN10O/c1-15(24-34-33-21-10-9-20(35-36(21)24)31-18-6-2-5-17(26)12-18)30-25(37)22-23(27)29-14-19(32-22)8-7-16-4-3-11-28-13-16/h2-6,9-15H,1H3,(H2,27,29)(H,30,37)(H,31,35)/t15-/m1/s1. The molecule has 1 atom stereocenters. The Kier molecular flexibility index (Phi) is 6.56. The van der Waals surface area contributed by atoms with Crippen LogP contribution in [0.3, 0.4) is 0 Å². The SMILES string of the molecule is C[C@@H](NC(=O)c1nc(C#Cc2cccnc2)cnc1N)c1nnc2ccc(Nc3cccc(Cl)c3)nn12. The molecule has 5 aromatic rings. The Morgan fingerprint density at radius 1 is 1.11 bits per heavy atom. The fraction of sp³-hybridized carbons (Fsp3) is 0.0800. The minimum atomic E-state index is -0.581. The molecule has 0 aliphatic heterocycles. The summed E-state index contributed by atoms with van der Waals surface area (Å²) < 4.78 is 1.54. The van der Waals surface area contributed by atoms with Gasteiger partial charge in [0.1, 0.15) is 5.69 Å². The molecule has 0 bridgehead atoms. The zero-order chi connectivity index (χ0) is 25.8. The summed E-state index contributed by atoms with van der Waals surface area (Å²) in [5.74, 6) is 6.20. The Labute approximate surface area is 216 Å². The molecule has 0 radical (unpaired) electrons. The molecule has 1 aromatic carbocycles. The number of pyridine rings is 1. The van der Waals surface area contributed by atoms with Gasteiger partial charge >= 0.3 is 0 Å². The summed E-state index contributed by atoms with van der Waals surface area (Å²) in [6.45, 7) is 1.75. The van der Waals surface area contributed by atoms with Crippen molar-refractivity contribution in [3.8, 4) is 11.8 Å². The number of nitrogens with two attached hydrogens (primary N) is 1. The van der Waals surface area contributed by atoms with Crippen LogP contribution in [0.15, 0.2) is 67.1 Å². The lowest BCUT2D eigenvalue weighted by molar-refractivity contribution is 0.0933. The van der Waals surface area contributed by atoms with Crippen LogP contribution in [0.5, 0.6) is 0 Å². The molecule has 0 saturated heterocycles. The Balaban J connectivity index is 1.35. The number of anilines is 3. The van der Waals surface area contributed by atoms with E-state index in [1.54, 1.807) is 54.2 Å². The highest BCUT2D eigenvalue weighted by Crippen LogP contribution is 2.20. The van der Waals surface area contributed by atoms with Crippen LogP contribution < -0.4 is 16.4 Å². The maximum atomic E-state index is 13.0. The fourth-order valence-corrected chi connectivity index (χ4v) is 3.57. The van der Waals surface area contributed by atoms with Crippen molar-refractivity contribution in [2.75, 3.05) is 11.1 Å². The van der Waals surface area contributed by atoms with Gasteiger partial charge in [-0.1, -0.05) is 23.6 Å². The van der Waals surface area contributed by atoms with Gasteiger partial charge in [0.15, 0.2) is 28.8 Å². The molecule has 37 heavy (non-hydrogen) atoms. The van der Waals surface area contributed by atoms with E-state index in [1.807, 2.05) is 18.2 Å². The summed E-state index contributed by atoms with van der Waals surface area (Å²) >= 11 is 6.07. The minimum Gasteiger partial charge on any atom is -0.382 e. The number of carbonyl (C=O) groups excluding carboxylic acids is 1. The zero-order valence-electron chi connectivity index (χ0n) is 19.4. The Hall–Kier alpha value is -5.08. The van der Waals surface area contributed by atoms with E-state index in [4.69, 9.17) is 17.3 Å². The second kappa shape index (κ2) is 10.3. The molecule has 0 saturated carbocycles. The van der Waals surface area contributed by atoms with Gasteiger partial charge in [-0.3, -0.25) is 9.78 Å². The third-order valence-electron chi connectivity index (χ3n) is 5.13. The van der Waals surface area contributed by atoms with Crippen molar-refractivity contribution in [1.82, 2.24) is 40.1 Å². The summed E-state index contributed by atoms with van der Waals surface area (Å²) in [6.07, 6.45) is 4.69. The van der Waals surface area contributed by atoms with Crippen molar-refractivity contribution in [1.29, 1.82) is 0 Å². The van der Waals surface area contributed by atoms with Gasteiger partial charge in [0.25, 0.3) is 5.91 Å². The molecule has 0 aliphatic carbocycles. The van der Waals surface area contributed by atoms with Gasteiger partial charge in [0, 0.05) is 28.7 Å². The molecule has 5 rings (SSSR count). The number of rotatable bonds is 5. The second-order valence-corrected chi connectivity index (χ2v) is 8.29. The number of nitrogens with one attached hydrogen (secondary N) is 2. The first-order valence-electron chi connectivity index (χ1n) is 11.1. The van der Waals surface area contributed by atoms with E-state index in [0.29, 0.717) is 33.6 Å². The van der Waals surface area contributed by atoms with Gasteiger partial charge in [-0.2, -0.15) is 4.52 Å². The summed E-state index contributed by atoms with van der Waals surface area (Å²) in [6, 6.07) is 13.8.